The number of thiophene rings is 1. The molecule has 0 nitrogen and oxygen atoms in total. The monoisotopic (exact) mass is 189 g/mol. The van der Waals surface area contributed by atoms with Crippen LogP contribution in [0.15, 0.2) is 6.07 Å². The van der Waals surface area contributed by atoms with Gasteiger partial charge in [0.1, 0.15) is 0 Å². The van der Waals surface area contributed by atoms with Crippen LogP contribution in [0.4, 0.5) is 0 Å². The van der Waals surface area contributed by atoms with Crippen molar-refractivity contribution in [3.05, 3.63) is 33.7 Å². The lowest BCUT2D eigenvalue weighted by molar-refractivity contribution is 1.30. The Hall–Kier alpha value is -0.820. The van der Waals surface area contributed by atoms with Crippen LogP contribution in [0.3, 0.4) is 0 Å². The van der Waals surface area contributed by atoms with Gasteiger partial charge in [0.25, 0.3) is 0 Å². The molecule has 0 aliphatic heterocycles. The molecule has 0 N–H and O–H groups in total. The fraction of sp³-hybridized carbons (Fsp3) is 0.333. The quantitative estimate of drug-likeness (QED) is 0.589. The summed E-state index contributed by atoms with van der Waals surface area (Å²) in [5.74, 6) is 0. The minimum Gasteiger partial charge on any atom is -0.134 e. The molecule has 2 aromatic rings. The van der Waals surface area contributed by atoms with E-state index in [9.17, 15) is 0 Å². The number of hydrogen-bond acceptors (Lipinski definition) is 1. The van der Waals surface area contributed by atoms with Crippen molar-refractivity contribution in [3.8, 4) is 0 Å². The first-order valence-electron chi connectivity index (χ1n) is 4.49. The first-order valence-corrected chi connectivity index (χ1v) is 5.30. The molecule has 67 valence electrons. The van der Waals surface area contributed by atoms with E-state index >= 15 is 0 Å². The minimum atomic E-state index is 1.29. The van der Waals surface area contributed by atoms with Gasteiger partial charge in [0.05, 0.1) is 0 Å². The van der Waals surface area contributed by atoms with E-state index in [-0.39, 0.29) is 0 Å². The molecule has 1 aromatic heterocycles. The van der Waals surface area contributed by atoms with Crippen LogP contribution in [-0.2, 0) is 0 Å². The van der Waals surface area contributed by atoms with Crippen LogP contribution in [0.25, 0.3) is 10.1 Å². The predicted molar refractivity (Wildman–Crippen MR) is 59.6 cm³/mol. The van der Waals surface area contributed by atoms with Crippen molar-refractivity contribution in [1.29, 1.82) is 0 Å². The Morgan fingerprint density at radius 1 is 1.08 bits per heavy atom. The van der Waals surface area contributed by atoms with Gasteiger partial charge in [-0.05, 0) is 61.4 Å². The first kappa shape index (κ1) is 8.76. The minimum absolute atomic E-state index is 1.29. The van der Waals surface area contributed by atoms with Crippen molar-refractivity contribution >= 4 is 21.4 Å². The average molecular weight is 189 g/mol. The van der Waals surface area contributed by atoms with E-state index < -0.39 is 0 Å². The van der Waals surface area contributed by atoms with E-state index in [2.05, 4.69) is 39.1 Å². The van der Waals surface area contributed by atoms with Gasteiger partial charge in [-0.2, -0.15) is 0 Å². The van der Waals surface area contributed by atoms with Crippen molar-refractivity contribution in [3.63, 3.8) is 0 Å². The van der Waals surface area contributed by atoms with Gasteiger partial charge in [-0.1, -0.05) is 0 Å². The summed E-state index contributed by atoms with van der Waals surface area (Å²) in [6, 6.07) is 2.27. The Morgan fingerprint density at radius 2 is 1.77 bits per heavy atom. The van der Waals surface area contributed by atoms with E-state index in [0.717, 1.165) is 0 Å². The molecule has 0 saturated carbocycles. The van der Waals surface area contributed by atoms with Crippen molar-refractivity contribution in [2.45, 2.75) is 27.7 Å². The van der Waals surface area contributed by atoms with Crippen LogP contribution in [0.5, 0.6) is 0 Å². The summed E-state index contributed by atoms with van der Waals surface area (Å²) in [4.78, 5) is 0. The van der Waals surface area contributed by atoms with E-state index in [1.165, 1.54) is 32.3 Å². The van der Waals surface area contributed by atoms with Crippen molar-refractivity contribution < 1.29 is 0 Å². The fourth-order valence-electron chi connectivity index (χ4n) is 1.77. The second-order valence-electron chi connectivity index (χ2n) is 3.65. The second kappa shape index (κ2) is 2.85. The van der Waals surface area contributed by atoms with Crippen molar-refractivity contribution in [1.82, 2.24) is 0 Å². The standard InChI is InChI=1S/C12H13S/c1-7-5-11-12(8(2)6-13-11)10(4)9(7)3/h5H,1-4H3. The molecular formula is C12H13S. The van der Waals surface area contributed by atoms with Crippen molar-refractivity contribution in [2.75, 3.05) is 0 Å². The van der Waals surface area contributed by atoms with E-state index in [1.807, 2.05) is 0 Å². The molecule has 13 heavy (non-hydrogen) atoms. The summed E-state index contributed by atoms with van der Waals surface area (Å²) in [6.45, 7) is 8.72. The summed E-state index contributed by atoms with van der Waals surface area (Å²) in [5, 5.41) is 4.72. The van der Waals surface area contributed by atoms with Crippen LogP contribution in [-0.4, -0.2) is 0 Å². The molecule has 0 atom stereocenters. The van der Waals surface area contributed by atoms with Crippen LogP contribution in [0, 0.1) is 33.1 Å². The molecule has 0 aliphatic carbocycles. The average Bonchev–Trinajstić information content (AvgIpc) is 2.43. The highest BCUT2D eigenvalue weighted by Gasteiger charge is 2.07. The Morgan fingerprint density at radius 3 is 2.46 bits per heavy atom. The third kappa shape index (κ3) is 1.19. The number of hydrogen-bond donors (Lipinski definition) is 0. The molecule has 1 heteroatoms. The summed E-state index contributed by atoms with van der Waals surface area (Å²) < 4.78 is 1.37. The van der Waals surface area contributed by atoms with Gasteiger partial charge in [-0.25, -0.2) is 0 Å². The van der Waals surface area contributed by atoms with Gasteiger partial charge in [-0.3, -0.25) is 0 Å². The van der Waals surface area contributed by atoms with Gasteiger partial charge in [0.15, 0.2) is 0 Å². The molecular weight excluding hydrogens is 176 g/mol. The number of aryl methyl sites for hydroxylation is 3. The molecule has 1 aromatic carbocycles. The maximum atomic E-state index is 3.31. The normalized spacial score (nSPS) is 11.1. The second-order valence-corrected chi connectivity index (χ2v) is 4.49. The summed E-state index contributed by atoms with van der Waals surface area (Å²) >= 11 is 1.73. The molecule has 0 spiro atoms. The highest BCUT2D eigenvalue weighted by atomic mass is 32.1. The molecule has 0 amide bonds. The molecule has 0 saturated heterocycles. The third-order valence-electron chi connectivity index (χ3n) is 2.81. The zero-order valence-electron chi connectivity index (χ0n) is 8.49. The van der Waals surface area contributed by atoms with Gasteiger partial charge in [0, 0.05) is 10.1 Å². The zero-order chi connectivity index (χ0) is 9.59. The predicted octanol–water partition coefficient (Wildman–Crippen LogP) is 3.94. The van der Waals surface area contributed by atoms with Gasteiger partial charge >= 0.3 is 0 Å². The Kier molecular flexibility index (Phi) is 1.92. The van der Waals surface area contributed by atoms with Gasteiger partial charge in [0.2, 0.25) is 0 Å². The molecule has 0 bridgehead atoms. The lowest BCUT2D eigenvalue weighted by Gasteiger charge is -2.06. The van der Waals surface area contributed by atoms with Crippen LogP contribution in [0.1, 0.15) is 22.3 Å². The first-order chi connectivity index (χ1) is 6.11. The molecule has 1 radical (unpaired) electrons. The molecule has 0 aliphatic rings. The summed E-state index contributed by atoms with van der Waals surface area (Å²) in [6.07, 6.45) is 0. The van der Waals surface area contributed by atoms with E-state index in [0.29, 0.717) is 0 Å². The van der Waals surface area contributed by atoms with E-state index in [4.69, 9.17) is 0 Å². The summed E-state index contributed by atoms with van der Waals surface area (Å²) in [5.41, 5.74) is 5.52. The van der Waals surface area contributed by atoms with E-state index in [1.54, 1.807) is 11.3 Å². The third-order valence-corrected chi connectivity index (χ3v) is 3.76. The number of benzene rings is 1. The molecule has 0 fully saturated rings. The maximum Gasteiger partial charge on any atom is 0.0487 e. The SMILES string of the molecule is Cc1cc2s[c]c(C)c2c(C)c1C. The molecule has 0 unspecified atom stereocenters. The maximum absolute atomic E-state index is 3.31. The smallest absolute Gasteiger partial charge is 0.0487 e. The number of rotatable bonds is 0. The Labute approximate surface area is 83.2 Å². The highest BCUT2D eigenvalue weighted by molar-refractivity contribution is 7.17. The zero-order valence-corrected chi connectivity index (χ0v) is 9.30. The Bertz CT molecular complexity index is 463. The van der Waals surface area contributed by atoms with Crippen LogP contribution in [0.2, 0.25) is 0 Å². The molecule has 2 rings (SSSR count). The largest absolute Gasteiger partial charge is 0.134 e. The Balaban J connectivity index is 2.97. The lowest BCUT2D eigenvalue weighted by atomic mass is 9.99. The lowest BCUT2D eigenvalue weighted by Crippen LogP contribution is -1.87. The highest BCUT2D eigenvalue weighted by Crippen LogP contribution is 2.31. The van der Waals surface area contributed by atoms with Gasteiger partial charge in [-0.15, -0.1) is 11.3 Å². The number of fused-ring (bicyclic) bond motifs is 1. The van der Waals surface area contributed by atoms with Crippen LogP contribution >= 0.6 is 11.3 Å². The van der Waals surface area contributed by atoms with Gasteiger partial charge < -0.3 is 0 Å². The molecule has 1 heterocycles. The summed E-state index contributed by atoms with van der Waals surface area (Å²) in [7, 11) is 0. The topological polar surface area (TPSA) is 0 Å². The van der Waals surface area contributed by atoms with Crippen LogP contribution < -0.4 is 0 Å². The van der Waals surface area contributed by atoms with Crippen molar-refractivity contribution in [2.24, 2.45) is 0 Å². The fourth-order valence-corrected chi connectivity index (χ4v) is 2.78.